The molecule has 176 valence electrons. The lowest BCUT2D eigenvalue weighted by molar-refractivity contribution is 0.0753. The van der Waals surface area contributed by atoms with E-state index in [1.54, 1.807) is 19.2 Å². The molecule has 1 aliphatic heterocycles. The first-order valence-electron chi connectivity index (χ1n) is 11.2. The summed E-state index contributed by atoms with van der Waals surface area (Å²) in [5.74, 6) is 2.15. The van der Waals surface area contributed by atoms with Gasteiger partial charge in [0.25, 0.3) is 0 Å². The first-order valence-corrected chi connectivity index (χ1v) is 11.2. The molecule has 0 saturated carbocycles. The molecule has 0 amide bonds. The lowest BCUT2D eigenvalue weighted by atomic mass is 10.0. The Labute approximate surface area is 193 Å². The van der Waals surface area contributed by atoms with Gasteiger partial charge in [0, 0.05) is 30.3 Å². The highest BCUT2D eigenvalue weighted by Crippen LogP contribution is 2.34. The van der Waals surface area contributed by atoms with E-state index in [0.29, 0.717) is 34.8 Å². The Morgan fingerprint density at radius 2 is 1.73 bits per heavy atom. The first kappa shape index (κ1) is 23.1. The van der Waals surface area contributed by atoms with E-state index in [0.717, 1.165) is 35.5 Å². The number of benzene rings is 2. The normalized spacial score (nSPS) is 15.1. The Morgan fingerprint density at radius 3 is 2.36 bits per heavy atom. The molecule has 1 unspecified atom stereocenters. The number of ether oxygens (including phenoxy) is 3. The van der Waals surface area contributed by atoms with Gasteiger partial charge in [0.15, 0.2) is 5.43 Å². The number of aliphatic hydroxyl groups is 1. The monoisotopic (exact) mass is 453 g/mol. The van der Waals surface area contributed by atoms with Gasteiger partial charge in [-0.2, -0.15) is 0 Å². The standard InChI is InChI=1S/C26H31NO6/c1-16-9-18(10-17(2)26(16)32-15-19(28)14-27-7-5-6-8-27)22-13-21(29)25-23(31-4)11-20(30-3)12-24(25)33-22/h9-13,19,28H,5-8,14-15H2,1-4H3. The van der Waals surface area contributed by atoms with Crippen LogP contribution in [-0.4, -0.2) is 56.6 Å². The van der Waals surface area contributed by atoms with Crippen molar-refractivity contribution in [1.82, 2.24) is 4.90 Å². The molecule has 3 aromatic rings. The van der Waals surface area contributed by atoms with Gasteiger partial charge in [-0.1, -0.05) is 0 Å². The molecule has 7 heteroatoms. The molecular formula is C26H31NO6. The smallest absolute Gasteiger partial charge is 0.197 e. The van der Waals surface area contributed by atoms with Crippen LogP contribution in [0.25, 0.3) is 22.3 Å². The van der Waals surface area contributed by atoms with Crippen molar-refractivity contribution in [3.05, 3.63) is 51.7 Å². The van der Waals surface area contributed by atoms with Crippen LogP contribution in [0.2, 0.25) is 0 Å². The maximum Gasteiger partial charge on any atom is 0.197 e. The number of methoxy groups -OCH3 is 2. The summed E-state index contributed by atoms with van der Waals surface area (Å²) in [6, 6.07) is 8.68. The van der Waals surface area contributed by atoms with Crippen LogP contribution in [-0.2, 0) is 0 Å². The highest BCUT2D eigenvalue weighted by atomic mass is 16.5. The molecule has 0 aliphatic carbocycles. The van der Waals surface area contributed by atoms with Crippen LogP contribution < -0.4 is 19.6 Å². The summed E-state index contributed by atoms with van der Waals surface area (Å²) in [4.78, 5) is 15.1. The lowest BCUT2D eigenvalue weighted by Crippen LogP contribution is -2.33. The molecule has 1 atom stereocenters. The van der Waals surface area contributed by atoms with Gasteiger partial charge in [0.05, 0.1) is 14.2 Å². The fourth-order valence-corrected chi connectivity index (χ4v) is 4.47. The largest absolute Gasteiger partial charge is 0.496 e. The zero-order valence-electron chi connectivity index (χ0n) is 19.6. The molecule has 1 aromatic heterocycles. The van der Waals surface area contributed by atoms with Gasteiger partial charge in [-0.3, -0.25) is 4.79 Å². The highest BCUT2D eigenvalue weighted by Gasteiger charge is 2.18. The van der Waals surface area contributed by atoms with Crippen LogP contribution in [0.15, 0.2) is 39.5 Å². The molecule has 2 heterocycles. The van der Waals surface area contributed by atoms with Gasteiger partial charge >= 0.3 is 0 Å². The van der Waals surface area contributed by atoms with Gasteiger partial charge in [-0.05, 0) is 63.0 Å². The number of hydrogen-bond acceptors (Lipinski definition) is 7. The predicted octanol–water partition coefficient (Wildman–Crippen LogP) is 3.93. The van der Waals surface area contributed by atoms with E-state index >= 15 is 0 Å². The number of rotatable bonds is 8. The molecule has 1 fully saturated rings. The minimum atomic E-state index is -0.537. The minimum Gasteiger partial charge on any atom is -0.496 e. The zero-order valence-corrected chi connectivity index (χ0v) is 19.6. The van der Waals surface area contributed by atoms with Crippen molar-refractivity contribution in [3.63, 3.8) is 0 Å². The van der Waals surface area contributed by atoms with Crippen molar-refractivity contribution in [2.75, 3.05) is 40.5 Å². The van der Waals surface area contributed by atoms with E-state index in [1.807, 2.05) is 26.0 Å². The Kier molecular flexibility index (Phi) is 6.91. The van der Waals surface area contributed by atoms with E-state index in [-0.39, 0.29) is 12.0 Å². The molecule has 0 spiro atoms. The minimum absolute atomic E-state index is 0.188. The Hall–Kier alpha value is -3.03. The highest BCUT2D eigenvalue weighted by molar-refractivity contribution is 5.86. The van der Waals surface area contributed by atoms with Gasteiger partial charge in [-0.25, -0.2) is 0 Å². The summed E-state index contributed by atoms with van der Waals surface area (Å²) >= 11 is 0. The van der Waals surface area contributed by atoms with Gasteiger partial charge in [0.1, 0.15) is 46.7 Å². The number of aryl methyl sites for hydroxylation is 2. The maximum absolute atomic E-state index is 12.9. The Balaban J connectivity index is 1.60. The number of β-amino-alcohol motifs (C(OH)–C–C–N with tert-alkyl or cyclic N) is 1. The predicted molar refractivity (Wildman–Crippen MR) is 128 cm³/mol. The van der Waals surface area contributed by atoms with Crippen molar-refractivity contribution in [1.29, 1.82) is 0 Å². The summed E-state index contributed by atoms with van der Waals surface area (Å²) in [5.41, 5.74) is 2.80. The quantitative estimate of drug-likeness (QED) is 0.553. The van der Waals surface area contributed by atoms with Gasteiger partial charge in [-0.15, -0.1) is 0 Å². The first-order chi connectivity index (χ1) is 15.9. The van der Waals surface area contributed by atoms with Crippen molar-refractivity contribution < 1.29 is 23.7 Å². The maximum atomic E-state index is 12.9. The third-order valence-electron chi connectivity index (χ3n) is 6.06. The van der Waals surface area contributed by atoms with E-state index in [9.17, 15) is 9.90 Å². The summed E-state index contributed by atoms with van der Waals surface area (Å²) in [6.45, 7) is 6.85. The number of aliphatic hydroxyl groups excluding tert-OH is 1. The third-order valence-corrected chi connectivity index (χ3v) is 6.06. The SMILES string of the molecule is COc1cc(OC)c2c(=O)cc(-c3cc(C)c(OCC(O)CN4CCCC4)c(C)c3)oc2c1. The molecule has 33 heavy (non-hydrogen) atoms. The molecule has 0 radical (unpaired) electrons. The summed E-state index contributed by atoms with van der Waals surface area (Å²) < 4.78 is 22.7. The van der Waals surface area contributed by atoms with Crippen LogP contribution >= 0.6 is 0 Å². The zero-order chi connectivity index (χ0) is 23.5. The van der Waals surface area contributed by atoms with E-state index in [1.165, 1.54) is 26.0 Å². The molecule has 0 bridgehead atoms. The second-order valence-corrected chi connectivity index (χ2v) is 8.59. The molecule has 1 aliphatic rings. The van der Waals surface area contributed by atoms with Crippen molar-refractivity contribution >= 4 is 11.0 Å². The second-order valence-electron chi connectivity index (χ2n) is 8.59. The molecule has 4 rings (SSSR count). The van der Waals surface area contributed by atoms with E-state index < -0.39 is 6.10 Å². The topological polar surface area (TPSA) is 81.4 Å². The third kappa shape index (κ3) is 4.99. The summed E-state index contributed by atoms with van der Waals surface area (Å²) in [6.07, 6.45) is 1.85. The fourth-order valence-electron chi connectivity index (χ4n) is 4.47. The van der Waals surface area contributed by atoms with E-state index in [2.05, 4.69) is 4.90 Å². The average molecular weight is 454 g/mol. The van der Waals surface area contributed by atoms with Crippen LogP contribution in [0.3, 0.4) is 0 Å². The van der Waals surface area contributed by atoms with Crippen molar-refractivity contribution in [2.45, 2.75) is 32.8 Å². The Bertz CT molecular complexity index is 1170. The van der Waals surface area contributed by atoms with Crippen LogP contribution in [0, 0.1) is 13.8 Å². The summed E-state index contributed by atoms with van der Waals surface area (Å²) in [7, 11) is 3.06. The van der Waals surface area contributed by atoms with Crippen LogP contribution in [0.4, 0.5) is 0 Å². The number of likely N-dealkylation sites (tertiary alicyclic amines) is 1. The molecule has 1 N–H and O–H groups in total. The van der Waals surface area contributed by atoms with Gasteiger partial charge in [0.2, 0.25) is 0 Å². The van der Waals surface area contributed by atoms with Crippen molar-refractivity contribution in [3.8, 4) is 28.6 Å². The fraction of sp³-hybridized carbons (Fsp3) is 0.423. The van der Waals surface area contributed by atoms with E-state index in [4.69, 9.17) is 18.6 Å². The van der Waals surface area contributed by atoms with Crippen molar-refractivity contribution in [2.24, 2.45) is 0 Å². The van der Waals surface area contributed by atoms with Crippen LogP contribution in [0.5, 0.6) is 17.2 Å². The number of nitrogens with zero attached hydrogens (tertiary/aromatic N) is 1. The Morgan fingerprint density at radius 1 is 1.03 bits per heavy atom. The van der Waals surface area contributed by atoms with Crippen LogP contribution in [0.1, 0.15) is 24.0 Å². The number of fused-ring (bicyclic) bond motifs is 1. The average Bonchev–Trinajstić information content (AvgIpc) is 3.30. The molecule has 2 aromatic carbocycles. The van der Waals surface area contributed by atoms with Gasteiger partial charge < -0.3 is 28.6 Å². The molecular weight excluding hydrogens is 422 g/mol. The molecule has 1 saturated heterocycles. The summed E-state index contributed by atoms with van der Waals surface area (Å²) in [5, 5.41) is 10.7. The molecule has 7 nitrogen and oxygen atoms in total. The number of hydrogen-bond donors (Lipinski definition) is 1. The lowest BCUT2D eigenvalue weighted by Gasteiger charge is -2.21. The second kappa shape index (κ2) is 9.85.